The molecule has 0 radical (unpaired) electrons. The highest BCUT2D eigenvalue weighted by Gasteiger charge is 2.28. The molecule has 2 aromatic rings. The first-order valence-electron chi connectivity index (χ1n) is 7.00. The maximum atomic E-state index is 6.19. The number of ether oxygens (including phenoxy) is 1. The van der Waals surface area contributed by atoms with Crippen molar-refractivity contribution in [2.24, 2.45) is 0 Å². The van der Waals surface area contributed by atoms with Crippen LogP contribution >= 0.6 is 34.5 Å². The molecule has 0 fully saturated rings. The lowest BCUT2D eigenvalue weighted by molar-refractivity contribution is 0.119. The predicted octanol–water partition coefficient (Wildman–Crippen LogP) is 5.32. The minimum atomic E-state index is 0.0599. The topological polar surface area (TPSA) is 12.5 Å². The lowest BCUT2D eigenvalue weighted by atomic mass is 10.1. The molecule has 0 amide bonds. The summed E-state index contributed by atoms with van der Waals surface area (Å²) >= 11 is 13.9. The summed E-state index contributed by atoms with van der Waals surface area (Å²) in [4.78, 5) is 5.07. The normalized spacial score (nSPS) is 18.6. The Kier molecular flexibility index (Phi) is 4.46. The Balaban J connectivity index is 1.88. The molecule has 0 saturated heterocycles. The van der Waals surface area contributed by atoms with E-state index in [1.54, 1.807) is 12.1 Å². The Morgan fingerprint density at radius 3 is 2.81 bits per heavy atom. The number of rotatable bonds is 3. The van der Waals surface area contributed by atoms with Gasteiger partial charge in [-0.2, -0.15) is 0 Å². The minimum absolute atomic E-state index is 0.0599. The van der Waals surface area contributed by atoms with Gasteiger partial charge in [0.1, 0.15) is 11.9 Å². The van der Waals surface area contributed by atoms with Crippen LogP contribution < -0.4 is 4.74 Å². The smallest absolute Gasteiger partial charge is 0.146 e. The van der Waals surface area contributed by atoms with Crippen molar-refractivity contribution in [1.82, 2.24) is 4.90 Å². The van der Waals surface area contributed by atoms with Crippen LogP contribution in [-0.4, -0.2) is 18.0 Å². The van der Waals surface area contributed by atoms with E-state index in [0.29, 0.717) is 10.0 Å². The SMILES string of the molecule is CCN1Cc2cc(C)sc2C(Oc2ccc(Cl)c(Cl)c2)C1. The van der Waals surface area contributed by atoms with Crippen molar-refractivity contribution in [2.75, 3.05) is 13.1 Å². The molecule has 1 aromatic heterocycles. The molecule has 0 spiro atoms. The van der Waals surface area contributed by atoms with Crippen LogP contribution in [0.4, 0.5) is 0 Å². The quantitative estimate of drug-likeness (QED) is 0.749. The van der Waals surface area contributed by atoms with E-state index < -0.39 is 0 Å². The first-order valence-corrected chi connectivity index (χ1v) is 8.57. The fourth-order valence-electron chi connectivity index (χ4n) is 2.65. The summed E-state index contributed by atoms with van der Waals surface area (Å²) in [6, 6.07) is 7.71. The molecule has 0 saturated carbocycles. The Bertz CT molecular complexity index is 656. The van der Waals surface area contributed by atoms with Crippen LogP contribution in [0, 0.1) is 6.92 Å². The van der Waals surface area contributed by atoms with Gasteiger partial charge in [-0.1, -0.05) is 30.1 Å². The number of halogens is 2. The van der Waals surface area contributed by atoms with Crippen molar-refractivity contribution < 1.29 is 4.74 Å². The van der Waals surface area contributed by atoms with Crippen LogP contribution in [0.15, 0.2) is 24.3 Å². The molecule has 3 rings (SSSR count). The fourth-order valence-corrected chi connectivity index (χ4v) is 3.99. The van der Waals surface area contributed by atoms with E-state index in [1.165, 1.54) is 15.3 Å². The van der Waals surface area contributed by atoms with Crippen molar-refractivity contribution in [1.29, 1.82) is 0 Å². The van der Waals surface area contributed by atoms with Gasteiger partial charge < -0.3 is 4.74 Å². The maximum Gasteiger partial charge on any atom is 0.146 e. The second-order valence-electron chi connectivity index (χ2n) is 5.26. The van der Waals surface area contributed by atoms with Gasteiger partial charge in [-0.05, 0) is 37.2 Å². The maximum absolute atomic E-state index is 6.19. The molecule has 21 heavy (non-hydrogen) atoms. The van der Waals surface area contributed by atoms with Crippen LogP contribution in [0.2, 0.25) is 10.0 Å². The van der Waals surface area contributed by atoms with E-state index in [4.69, 9.17) is 27.9 Å². The minimum Gasteiger partial charge on any atom is -0.483 e. The second kappa shape index (κ2) is 6.17. The van der Waals surface area contributed by atoms with E-state index >= 15 is 0 Å². The number of benzene rings is 1. The summed E-state index contributed by atoms with van der Waals surface area (Å²) in [6.07, 6.45) is 0.0599. The Morgan fingerprint density at radius 1 is 1.29 bits per heavy atom. The fraction of sp³-hybridized carbons (Fsp3) is 0.375. The van der Waals surface area contributed by atoms with Crippen molar-refractivity contribution in [2.45, 2.75) is 26.5 Å². The number of fused-ring (bicyclic) bond motifs is 1. The van der Waals surface area contributed by atoms with Crippen LogP contribution in [0.5, 0.6) is 5.75 Å². The largest absolute Gasteiger partial charge is 0.483 e. The van der Waals surface area contributed by atoms with Gasteiger partial charge in [0.15, 0.2) is 0 Å². The monoisotopic (exact) mass is 341 g/mol. The molecule has 1 unspecified atom stereocenters. The molecule has 1 atom stereocenters. The highest BCUT2D eigenvalue weighted by Crippen LogP contribution is 2.37. The van der Waals surface area contributed by atoms with Crippen molar-refractivity contribution >= 4 is 34.5 Å². The van der Waals surface area contributed by atoms with Crippen molar-refractivity contribution in [3.05, 3.63) is 49.6 Å². The molecule has 2 heterocycles. The van der Waals surface area contributed by atoms with Crippen LogP contribution in [0.25, 0.3) is 0 Å². The molecule has 1 aliphatic heterocycles. The molecule has 0 N–H and O–H groups in total. The molecular formula is C16H17Cl2NOS. The Labute approximate surface area is 139 Å². The van der Waals surface area contributed by atoms with Crippen LogP contribution in [0.1, 0.15) is 28.3 Å². The summed E-state index contributed by atoms with van der Waals surface area (Å²) in [5.41, 5.74) is 1.38. The highest BCUT2D eigenvalue weighted by atomic mass is 35.5. The molecular weight excluding hydrogens is 325 g/mol. The van der Waals surface area contributed by atoms with E-state index in [-0.39, 0.29) is 6.10 Å². The summed E-state index contributed by atoms with van der Waals surface area (Å²) in [5.74, 6) is 0.768. The lowest BCUT2D eigenvalue weighted by Gasteiger charge is -2.32. The third-order valence-corrected chi connectivity index (χ3v) is 5.62. The Hall–Kier alpha value is -0.740. The third kappa shape index (κ3) is 3.21. The third-order valence-electron chi connectivity index (χ3n) is 3.69. The van der Waals surface area contributed by atoms with Crippen molar-refractivity contribution in [3.8, 4) is 5.75 Å². The van der Waals surface area contributed by atoms with Gasteiger partial charge >= 0.3 is 0 Å². The van der Waals surface area contributed by atoms with E-state index in [2.05, 4.69) is 24.8 Å². The molecule has 0 bridgehead atoms. The molecule has 0 aliphatic carbocycles. The zero-order chi connectivity index (χ0) is 15.0. The van der Waals surface area contributed by atoms with Gasteiger partial charge in [-0.25, -0.2) is 0 Å². The number of likely N-dealkylation sites (N-methyl/N-ethyl adjacent to an activating group) is 1. The predicted molar refractivity (Wildman–Crippen MR) is 89.8 cm³/mol. The zero-order valence-electron chi connectivity index (χ0n) is 12.0. The molecule has 112 valence electrons. The standard InChI is InChI=1S/C16H17Cl2NOS/c1-3-19-8-11-6-10(2)21-16(11)15(9-19)20-12-4-5-13(17)14(18)7-12/h4-7,15H,3,8-9H2,1-2H3. The van der Waals surface area contributed by atoms with E-state index in [9.17, 15) is 0 Å². The average molecular weight is 342 g/mol. The summed E-state index contributed by atoms with van der Waals surface area (Å²) in [6.45, 7) is 7.27. The zero-order valence-corrected chi connectivity index (χ0v) is 14.4. The summed E-state index contributed by atoms with van der Waals surface area (Å²) in [5, 5.41) is 1.08. The summed E-state index contributed by atoms with van der Waals surface area (Å²) < 4.78 is 6.19. The first-order chi connectivity index (χ1) is 10.1. The van der Waals surface area contributed by atoms with Gasteiger partial charge in [0.05, 0.1) is 14.9 Å². The molecule has 5 heteroatoms. The number of aryl methyl sites for hydroxylation is 1. The Morgan fingerprint density at radius 2 is 2.10 bits per heavy atom. The molecule has 2 nitrogen and oxygen atoms in total. The number of nitrogens with zero attached hydrogens (tertiary/aromatic N) is 1. The van der Waals surface area contributed by atoms with Gasteiger partial charge in [-0.3, -0.25) is 4.90 Å². The average Bonchev–Trinajstić information content (AvgIpc) is 2.83. The number of hydrogen-bond acceptors (Lipinski definition) is 3. The van der Waals surface area contributed by atoms with E-state index in [1.807, 2.05) is 17.4 Å². The van der Waals surface area contributed by atoms with Gasteiger partial charge in [-0.15, -0.1) is 11.3 Å². The number of thiophene rings is 1. The molecule has 1 aliphatic rings. The molecule has 1 aromatic carbocycles. The van der Waals surface area contributed by atoms with Crippen LogP contribution in [-0.2, 0) is 6.54 Å². The highest BCUT2D eigenvalue weighted by molar-refractivity contribution is 7.12. The lowest BCUT2D eigenvalue weighted by Crippen LogP contribution is -2.34. The number of hydrogen-bond donors (Lipinski definition) is 0. The van der Waals surface area contributed by atoms with Gasteiger partial charge in [0.2, 0.25) is 0 Å². The first kappa shape index (κ1) is 15.2. The van der Waals surface area contributed by atoms with Crippen molar-refractivity contribution in [3.63, 3.8) is 0 Å². The van der Waals surface area contributed by atoms with Crippen LogP contribution in [0.3, 0.4) is 0 Å². The van der Waals surface area contributed by atoms with E-state index in [0.717, 1.165) is 25.4 Å². The van der Waals surface area contributed by atoms with Gasteiger partial charge in [0, 0.05) is 24.0 Å². The van der Waals surface area contributed by atoms with Gasteiger partial charge in [0.25, 0.3) is 0 Å². The second-order valence-corrected chi connectivity index (χ2v) is 7.36. The summed E-state index contributed by atoms with van der Waals surface area (Å²) in [7, 11) is 0.